The fourth-order valence-electron chi connectivity index (χ4n) is 4.87. The number of fused-ring (bicyclic) bond motifs is 7. The lowest BCUT2D eigenvalue weighted by molar-refractivity contribution is 0.661. The fraction of sp³-hybridized carbons (Fsp3) is 0.120. The number of hydrogen-bond donors (Lipinski definition) is 0. The molecule has 28 heavy (non-hydrogen) atoms. The summed E-state index contributed by atoms with van der Waals surface area (Å²) in [5.74, 6) is 0.708. The van der Waals surface area contributed by atoms with Crippen LogP contribution in [-0.4, -0.2) is 14.5 Å². The van der Waals surface area contributed by atoms with Crippen LogP contribution in [0.1, 0.15) is 25.0 Å². The van der Waals surface area contributed by atoms with Crippen molar-refractivity contribution < 1.29 is 0 Å². The average molecular weight is 361 g/mol. The van der Waals surface area contributed by atoms with Gasteiger partial charge < -0.3 is 0 Å². The highest BCUT2D eigenvalue weighted by Crippen LogP contribution is 2.52. The van der Waals surface area contributed by atoms with E-state index in [1.165, 1.54) is 33.0 Å². The molecular formula is C25H19N3. The number of para-hydroxylation sites is 1. The van der Waals surface area contributed by atoms with Gasteiger partial charge in [-0.3, -0.25) is 4.57 Å². The molecule has 0 atom stereocenters. The van der Waals surface area contributed by atoms with E-state index in [0.717, 1.165) is 11.0 Å². The molecule has 1 aliphatic carbocycles. The molecular weight excluding hydrogens is 342 g/mol. The summed E-state index contributed by atoms with van der Waals surface area (Å²) in [4.78, 5) is 9.08. The first kappa shape index (κ1) is 15.6. The molecule has 5 aromatic rings. The van der Waals surface area contributed by atoms with Gasteiger partial charge in [0, 0.05) is 28.6 Å². The highest BCUT2D eigenvalue weighted by atomic mass is 15.1. The van der Waals surface area contributed by atoms with Gasteiger partial charge in [0.15, 0.2) is 0 Å². The first-order valence-corrected chi connectivity index (χ1v) is 9.62. The Balaban J connectivity index is 1.85. The number of rotatable bonds is 1. The summed E-state index contributed by atoms with van der Waals surface area (Å²) in [6.07, 6.45) is 3.60. The maximum absolute atomic E-state index is 4.54. The number of benzene rings is 3. The van der Waals surface area contributed by atoms with E-state index < -0.39 is 0 Å². The zero-order chi connectivity index (χ0) is 18.9. The predicted molar refractivity (Wildman–Crippen MR) is 114 cm³/mol. The zero-order valence-electron chi connectivity index (χ0n) is 15.8. The summed E-state index contributed by atoms with van der Waals surface area (Å²) in [6, 6.07) is 23.8. The largest absolute Gasteiger partial charge is 0.278 e. The van der Waals surface area contributed by atoms with Crippen molar-refractivity contribution in [1.29, 1.82) is 0 Å². The lowest BCUT2D eigenvalue weighted by Crippen LogP contribution is -2.14. The van der Waals surface area contributed by atoms with E-state index in [-0.39, 0.29) is 5.41 Å². The molecule has 0 N–H and O–H groups in total. The predicted octanol–water partition coefficient (Wildman–Crippen LogP) is 5.88. The second kappa shape index (κ2) is 5.29. The first-order valence-electron chi connectivity index (χ1n) is 9.62. The number of hydrogen-bond acceptors (Lipinski definition) is 2. The van der Waals surface area contributed by atoms with Crippen molar-refractivity contribution in [3.05, 3.63) is 90.3 Å². The minimum atomic E-state index is -0.00737. The van der Waals surface area contributed by atoms with Crippen molar-refractivity contribution in [2.45, 2.75) is 19.3 Å². The molecule has 2 aromatic heterocycles. The van der Waals surface area contributed by atoms with Crippen LogP contribution in [0.5, 0.6) is 0 Å². The summed E-state index contributed by atoms with van der Waals surface area (Å²) in [5, 5.41) is 2.54. The summed E-state index contributed by atoms with van der Waals surface area (Å²) < 4.78 is 2.18. The monoisotopic (exact) mass is 361 g/mol. The smallest absolute Gasteiger partial charge is 0.234 e. The molecule has 0 amide bonds. The Morgan fingerprint density at radius 3 is 2.32 bits per heavy atom. The minimum absolute atomic E-state index is 0.00737. The van der Waals surface area contributed by atoms with Gasteiger partial charge in [-0.2, -0.15) is 0 Å². The molecule has 3 heteroatoms. The Hall–Kier alpha value is -3.46. The lowest BCUT2D eigenvalue weighted by atomic mass is 9.82. The molecule has 6 rings (SSSR count). The van der Waals surface area contributed by atoms with Gasteiger partial charge in [0.1, 0.15) is 0 Å². The second-order valence-corrected chi connectivity index (χ2v) is 7.95. The van der Waals surface area contributed by atoms with Crippen LogP contribution < -0.4 is 0 Å². The van der Waals surface area contributed by atoms with Crippen molar-refractivity contribution in [2.75, 3.05) is 0 Å². The van der Waals surface area contributed by atoms with Crippen LogP contribution in [0.3, 0.4) is 0 Å². The van der Waals surface area contributed by atoms with E-state index in [0.29, 0.717) is 5.95 Å². The van der Waals surface area contributed by atoms with E-state index in [4.69, 9.17) is 0 Å². The standard InChI is InChI=1S/C25H19N3/c1-25(2)18-10-5-3-8-16(18)22-19(25)12-13-21-23(22)17-9-4-6-11-20(17)28(21)24-26-14-7-15-27-24/h3-15H,1-2H3. The van der Waals surface area contributed by atoms with Gasteiger partial charge in [-0.1, -0.05) is 62.4 Å². The molecule has 1 aliphatic rings. The average Bonchev–Trinajstić information content (AvgIpc) is 3.19. The minimum Gasteiger partial charge on any atom is -0.278 e. The van der Waals surface area contributed by atoms with Crippen molar-refractivity contribution in [1.82, 2.24) is 14.5 Å². The molecule has 2 heterocycles. The highest BCUT2D eigenvalue weighted by molar-refractivity contribution is 6.17. The molecule has 3 nitrogen and oxygen atoms in total. The molecule has 0 fully saturated rings. The summed E-state index contributed by atoms with van der Waals surface area (Å²) >= 11 is 0. The van der Waals surface area contributed by atoms with Gasteiger partial charge >= 0.3 is 0 Å². The van der Waals surface area contributed by atoms with Crippen LogP contribution in [0.15, 0.2) is 79.1 Å². The molecule has 134 valence electrons. The SMILES string of the molecule is CC1(C)c2ccccc2-c2c1ccc1c2c2ccccc2n1-c1ncccn1. The molecule has 0 unspecified atom stereocenters. The van der Waals surface area contributed by atoms with Crippen LogP contribution in [0.4, 0.5) is 0 Å². The van der Waals surface area contributed by atoms with E-state index in [1.54, 1.807) is 12.4 Å². The van der Waals surface area contributed by atoms with E-state index >= 15 is 0 Å². The Labute approximate surface area is 163 Å². The second-order valence-electron chi connectivity index (χ2n) is 7.95. The van der Waals surface area contributed by atoms with Gasteiger partial charge in [-0.25, -0.2) is 9.97 Å². The van der Waals surface area contributed by atoms with Crippen LogP contribution in [0.25, 0.3) is 38.9 Å². The Morgan fingerprint density at radius 2 is 1.46 bits per heavy atom. The molecule has 3 aromatic carbocycles. The van der Waals surface area contributed by atoms with Gasteiger partial charge in [0.25, 0.3) is 0 Å². The Bertz CT molecular complexity index is 1380. The van der Waals surface area contributed by atoms with Gasteiger partial charge in [-0.15, -0.1) is 0 Å². The van der Waals surface area contributed by atoms with E-state index in [9.17, 15) is 0 Å². The third-order valence-corrected chi connectivity index (χ3v) is 6.13. The highest BCUT2D eigenvalue weighted by Gasteiger charge is 2.37. The van der Waals surface area contributed by atoms with Crippen molar-refractivity contribution in [3.63, 3.8) is 0 Å². The quantitative estimate of drug-likeness (QED) is 0.373. The van der Waals surface area contributed by atoms with E-state index in [2.05, 4.69) is 89.0 Å². The van der Waals surface area contributed by atoms with Crippen molar-refractivity contribution in [2.24, 2.45) is 0 Å². The molecule has 0 bridgehead atoms. The molecule has 0 spiro atoms. The van der Waals surface area contributed by atoms with Crippen LogP contribution in [-0.2, 0) is 5.41 Å². The van der Waals surface area contributed by atoms with Crippen LogP contribution >= 0.6 is 0 Å². The molecule has 0 saturated heterocycles. The first-order chi connectivity index (χ1) is 13.7. The molecule has 0 radical (unpaired) electrons. The fourth-order valence-corrected chi connectivity index (χ4v) is 4.87. The summed E-state index contributed by atoms with van der Waals surface area (Å²) in [6.45, 7) is 4.64. The number of nitrogens with zero attached hydrogens (tertiary/aromatic N) is 3. The van der Waals surface area contributed by atoms with E-state index in [1.807, 2.05) is 6.07 Å². The van der Waals surface area contributed by atoms with Gasteiger partial charge in [-0.05, 0) is 40.5 Å². The van der Waals surface area contributed by atoms with Crippen molar-refractivity contribution in [3.8, 4) is 17.1 Å². The Kier molecular flexibility index (Phi) is 2.95. The maximum Gasteiger partial charge on any atom is 0.234 e. The molecule has 0 aliphatic heterocycles. The summed E-state index contributed by atoms with van der Waals surface area (Å²) in [7, 11) is 0. The van der Waals surface area contributed by atoms with Crippen LogP contribution in [0.2, 0.25) is 0 Å². The normalized spacial score (nSPS) is 14.4. The maximum atomic E-state index is 4.54. The molecule has 0 saturated carbocycles. The number of aromatic nitrogens is 3. The lowest BCUT2D eigenvalue weighted by Gasteiger charge is -2.21. The summed E-state index contributed by atoms with van der Waals surface area (Å²) in [5.41, 5.74) is 7.75. The Morgan fingerprint density at radius 1 is 0.714 bits per heavy atom. The third-order valence-electron chi connectivity index (χ3n) is 6.13. The zero-order valence-corrected chi connectivity index (χ0v) is 15.8. The van der Waals surface area contributed by atoms with Gasteiger partial charge in [0.2, 0.25) is 5.95 Å². The van der Waals surface area contributed by atoms with Crippen molar-refractivity contribution >= 4 is 21.8 Å². The third kappa shape index (κ3) is 1.83. The topological polar surface area (TPSA) is 30.7 Å². The van der Waals surface area contributed by atoms with Gasteiger partial charge in [0.05, 0.1) is 11.0 Å². The van der Waals surface area contributed by atoms with Crippen LogP contribution in [0, 0.1) is 0 Å².